The van der Waals surface area contributed by atoms with Gasteiger partial charge in [0.2, 0.25) is 0 Å². The van der Waals surface area contributed by atoms with Crippen molar-refractivity contribution in [3.05, 3.63) is 29.6 Å². The van der Waals surface area contributed by atoms with Gasteiger partial charge in [-0.1, -0.05) is 13.0 Å². The number of benzene rings is 1. The van der Waals surface area contributed by atoms with Gasteiger partial charge < -0.3 is 4.74 Å². The first kappa shape index (κ1) is 14.8. The van der Waals surface area contributed by atoms with Crippen molar-refractivity contribution >= 4 is 0 Å². The molecule has 0 radical (unpaired) electrons. The lowest BCUT2D eigenvalue weighted by molar-refractivity contribution is 0.109. The third-order valence-electron chi connectivity index (χ3n) is 3.82. The van der Waals surface area contributed by atoms with Crippen LogP contribution >= 0.6 is 0 Å². The first-order valence-corrected chi connectivity index (χ1v) is 7.17. The van der Waals surface area contributed by atoms with E-state index >= 15 is 0 Å². The van der Waals surface area contributed by atoms with E-state index in [9.17, 15) is 9.65 Å². The molecule has 0 spiro atoms. The summed E-state index contributed by atoms with van der Waals surface area (Å²) in [5.74, 6) is -0.0487. The van der Waals surface area contributed by atoms with Crippen molar-refractivity contribution in [2.24, 2.45) is 0 Å². The fourth-order valence-electron chi connectivity index (χ4n) is 2.85. The topological polar surface area (TPSA) is 45.0 Å². The van der Waals surface area contributed by atoms with Crippen molar-refractivity contribution in [2.45, 2.75) is 51.2 Å². The molecule has 2 atom stereocenters. The molecule has 1 N–H and O–H groups in total. The van der Waals surface area contributed by atoms with Gasteiger partial charge in [-0.2, -0.15) is 5.26 Å². The molecule has 0 saturated heterocycles. The van der Waals surface area contributed by atoms with Gasteiger partial charge >= 0.3 is 0 Å². The molecular weight excluding hydrogens is 255 g/mol. The maximum Gasteiger partial charge on any atom is 0.165 e. The van der Waals surface area contributed by atoms with Gasteiger partial charge in [0.15, 0.2) is 11.6 Å². The average molecular weight is 276 g/mol. The molecule has 0 heterocycles. The second kappa shape index (κ2) is 6.23. The molecule has 0 aliphatic heterocycles. The third-order valence-corrected chi connectivity index (χ3v) is 3.82. The Hall–Kier alpha value is -1.60. The predicted molar refractivity (Wildman–Crippen MR) is 76.0 cm³/mol. The maximum absolute atomic E-state index is 13.7. The summed E-state index contributed by atoms with van der Waals surface area (Å²) >= 11 is 0. The van der Waals surface area contributed by atoms with E-state index < -0.39 is 5.54 Å². The molecular formula is C16H21FN2O. The highest BCUT2D eigenvalue weighted by atomic mass is 19.1. The van der Waals surface area contributed by atoms with Crippen LogP contribution in [0.25, 0.3) is 0 Å². The maximum atomic E-state index is 13.7. The number of nitrogens with zero attached hydrogens (tertiary/aromatic N) is 1. The lowest BCUT2D eigenvalue weighted by Gasteiger charge is -2.36. The van der Waals surface area contributed by atoms with Gasteiger partial charge in [0.05, 0.1) is 6.07 Å². The monoisotopic (exact) mass is 276 g/mol. The van der Waals surface area contributed by atoms with Crippen LogP contribution in [0.4, 0.5) is 4.39 Å². The fraction of sp³-hybridized carbons (Fsp3) is 0.562. The van der Waals surface area contributed by atoms with Crippen molar-refractivity contribution in [2.75, 3.05) is 6.54 Å². The molecule has 1 aliphatic carbocycles. The largest absolute Gasteiger partial charge is 0.487 e. The van der Waals surface area contributed by atoms with E-state index in [0.717, 1.165) is 31.4 Å². The molecule has 2 rings (SSSR count). The summed E-state index contributed by atoms with van der Waals surface area (Å²) in [5, 5.41) is 12.7. The molecule has 108 valence electrons. The molecule has 1 aromatic rings. The third kappa shape index (κ3) is 3.29. The number of hydrogen-bond acceptors (Lipinski definition) is 3. The zero-order chi connectivity index (χ0) is 14.6. The Balaban J connectivity index is 2.10. The van der Waals surface area contributed by atoms with E-state index in [1.165, 1.54) is 6.07 Å². The average Bonchev–Trinajstić information content (AvgIpc) is 2.44. The Morgan fingerprint density at radius 2 is 2.35 bits per heavy atom. The summed E-state index contributed by atoms with van der Waals surface area (Å²) in [6.45, 7) is 4.65. The van der Waals surface area contributed by atoms with Gasteiger partial charge in [-0.15, -0.1) is 0 Å². The van der Waals surface area contributed by atoms with Gasteiger partial charge in [-0.05, 0) is 50.4 Å². The summed E-state index contributed by atoms with van der Waals surface area (Å²) in [4.78, 5) is 0. The Kier molecular flexibility index (Phi) is 4.61. The van der Waals surface area contributed by atoms with Crippen LogP contribution in [-0.2, 0) is 0 Å². The SMILES string of the molecule is CCNC1(C#N)CCCC(Oc2cc(C)ccc2F)C1. The highest BCUT2D eigenvalue weighted by Gasteiger charge is 2.37. The summed E-state index contributed by atoms with van der Waals surface area (Å²) in [6.07, 6.45) is 3.10. The molecule has 1 aliphatic rings. The molecule has 1 aromatic carbocycles. The van der Waals surface area contributed by atoms with E-state index in [2.05, 4.69) is 11.4 Å². The molecule has 0 bridgehead atoms. The van der Waals surface area contributed by atoms with Crippen LogP contribution in [0.3, 0.4) is 0 Å². The molecule has 1 saturated carbocycles. The zero-order valence-electron chi connectivity index (χ0n) is 12.1. The van der Waals surface area contributed by atoms with Gasteiger partial charge in [0.1, 0.15) is 11.6 Å². The van der Waals surface area contributed by atoms with Crippen LogP contribution in [0.1, 0.15) is 38.2 Å². The van der Waals surface area contributed by atoms with Crippen LogP contribution < -0.4 is 10.1 Å². The van der Waals surface area contributed by atoms with Crippen LogP contribution in [-0.4, -0.2) is 18.2 Å². The van der Waals surface area contributed by atoms with Crippen LogP contribution in [0.15, 0.2) is 18.2 Å². The molecule has 2 unspecified atom stereocenters. The van der Waals surface area contributed by atoms with Crippen molar-refractivity contribution in [1.29, 1.82) is 5.26 Å². The Labute approximate surface area is 119 Å². The minimum atomic E-state index is -0.530. The predicted octanol–water partition coefficient (Wildman–Crippen LogP) is 3.33. The Morgan fingerprint density at radius 1 is 1.55 bits per heavy atom. The van der Waals surface area contributed by atoms with E-state index in [0.29, 0.717) is 12.2 Å². The second-order valence-corrected chi connectivity index (χ2v) is 5.49. The molecule has 3 nitrogen and oxygen atoms in total. The number of aryl methyl sites for hydroxylation is 1. The smallest absolute Gasteiger partial charge is 0.165 e. The number of nitriles is 1. The van der Waals surface area contributed by atoms with E-state index in [1.807, 2.05) is 13.8 Å². The summed E-state index contributed by atoms with van der Waals surface area (Å²) in [6, 6.07) is 7.24. The van der Waals surface area contributed by atoms with Crippen molar-refractivity contribution < 1.29 is 9.13 Å². The van der Waals surface area contributed by atoms with E-state index in [4.69, 9.17) is 4.74 Å². The molecule has 4 heteroatoms. The van der Waals surface area contributed by atoms with Crippen LogP contribution in [0.5, 0.6) is 5.75 Å². The number of ether oxygens (including phenoxy) is 1. The lowest BCUT2D eigenvalue weighted by Crippen LogP contribution is -2.49. The standard InChI is InChI=1S/C16H21FN2O/c1-3-19-16(11-18)8-4-5-13(10-16)20-15-9-12(2)6-7-14(15)17/h6-7,9,13,19H,3-5,8,10H2,1-2H3. The number of hydrogen-bond donors (Lipinski definition) is 1. The number of halogens is 1. The fourth-order valence-corrected chi connectivity index (χ4v) is 2.85. The zero-order valence-corrected chi connectivity index (χ0v) is 12.1. The minimum Gasteiger partial charge on any atom is -0.487 e. The molecule has 0 amide bonds. The van der Waals surface area contributed by atoms with Gasteiger partial charge in [0.25, 0.3) is 0 Å². The van der Waals surface area contributed by atoms with Crippen molar-refractivity contribution in [3.8, 4) is 11.8 Å². The normalized spacial score (nSPS) is 26.0. The number of nitrogens with one attached hydrogen (secondary N) is 1. The minimum absolute atomic E-state index is 0.112. The van der Waals surface area contributed by atoms with Gasteiger partial charge in [0, 0.05) is 6.42 Å². The first-order chi connectivity index (χ1) is 9.58. The van der Waals surface area contributed by atoms with Crippen molar-refractivity contribution in [3.63, 3.8) is 0 Å². The molecule has 1 fully saturated rings. The number of rotatable bonds is 4. The first-order valence-electron chi connectivity index (χ1n) is 7.17. The summed E-state index contributed by atoms with van der Waals surface area (Å²) < 4.78 is 19.5. The van der Waals surface area contributed by atoms with Crippen LogP contribution in [0, 0.1) is 24.1 Å². The van der Waals surface area contributed by atoms with Gasteiger partial charge in [-0.25, -0.2) is 4.39 Å². The van der Waals surface area contributed by atoms with Crippen LogP contribution in [0.2, 0.25) is 0 Å². The Morgan fingerprint density at radius 3 is 3.05 bits per heavy atom. The second-order valence-electron chi connectivity index (χ2n) is 5.49. The molecule has 20 heavy (non-hydrogen) atoms. The molecule has 0 aromatic heterocycles. The van der Waals surface area contributed by atoms with Crippen molar-refractivity contribution in [1.82, 2.24) is 5.32 Å². The highest BCUT2D eigenvalue weighted by molar-refractivity contribution is 5.29. The quantitative estimate of drug-likeness (QED) is 0.917. The lowest BCUT2D eigenvalue weighted by atomic mass is 9.81. The Bertz CT molecular complexity index is 508. The van der Waals surface area contributed by atoms with E-state index in [-0.39, 0.29) is 11.9 Å². The highest BCUT2D eigenvalue weighted by Crippen LogP contribution is 2.31. The van der Waals surface area contributed by atoms with E-state index in [1.54, 1.807) is 12.1 Å². The summed E-state index contributed by atoms with van der Waals surface area (Å²) in [5.41, 5.74) is 0.438. The summed E-state index contributed by atoms with van der Waals surface area (Å²) in [7, 11) is 0. The van der Waals surface area contributed by atoms with Gasteiger partial charge in [-0.3, -0.25) is 5.32 Å².